The summed E-state index contributed by atoms with van der Waals surface area (Å²) in [5.41, 5.74) is 2.23. The number of imidazole rings is 1. The molecule has 0 spiro atoms. The lowest BCUT2D eigenvalue weighted by Crippen LogP contribution is -2.22. The molecule has 1 atom stereocenters. The van der Waals surface area contributed by atoms with Crippen molar-refractivity contribution in [3.8, 4) is 5.75 Å². The van der Waals surface area contributed by atoms with Gasteiger partial charge in [0.05, 0.1) is 24.9 Å². The van der Waals surface area contributed by atoms with Gasteiger partial charge in [0.15, 0.2) is 0 Å². The number of para-hydroxylation sites is 1. The van der Waals surface area contributed by atoms with Crippen LogP contribution < -0.4 is 10.1 Å². The molecule has 1 aliphatic heterocycles. The van der Waals surface area contributed by atoms with Crippen LogP contribution in [0.15, 0.2) is 30.5 Å². The second kappa shape index (κ2) is 6.18. The molecule has 1 aliphatic rings. The quantitative estimate of drug-likeness (QED) is 0.859. The van der Waals surface area contributed by atoms with E-state index < -0.39 is 0 Å². The highest BCUT2D eigenvalue weighted by atomic mass is 16.5. The maximum absolute atomic E-state index is 5.75. The SMILES string of the molecule is COCCNc1nc(C)cn1C1CCOc2ccccc21. The Hall–Kier alpha value is -2.01. The lowest BCUT2D eigenvalue weighted by molar-refractivity contribution is 0.210. The minimum Gasteiger partial charge on any atom is -0.493 e. The molecule has 1 N–H and O–H groups in total. The Morgan fingerprint density at radius 2 is 2.29 bits per heavy atom. The van der Waals surface area contributed by atoms with Gasteiger partial charge in [0, 0.05) is 31.8 Å². The number of methoxy groups -OCH3 is 1. The number of anilines is 1. The molecule has 1 aromatic heterocycles. The van der Waals surface area contributed by atoms with Gasteiger partial charge in [-0.25, -0.2) is 4.98 Å². The number of ether oxygens (including phenoxy) is 2. The Balaban J connectivity index is 1.90. The van der Waals surface area contributed by atoms with E-state index in [9.17, 15) is 0 Å². The third-order valence-corrected chi connectivity index (χ3v) is 3.70. The van der Waals surface area contributed by atoms with Crippen LogP contribution in [-0.4, -0.2) is 36.4 Å². The maximum atomic E-state index is 5.75. The van der Waals surface area contributed by atoms with Crippen molar-refractivity contribution in [3.63, 3.8) is 0 Å². The smallest absolute Gasteiger partial charge is 0.203 e. The molecule has 0 radical (unpaired) electrons. The van der Waals surface area contributed by atoms with E-state index >= 15 is 0 Å². The second-order valence-electron chi connectivity index (χ2n) is 5.22. The van der Waals surface area contributed by atoms with Gasteiger partial charge in [-0.2, -0.15) is 0 Å². The third-order valence-electron chi connectivity index (χ3n) is 3.70. The Morgan fingerprint density at radius 1 is 1.43 bits per heavy atom. The standard InChI is InChI=1S/C16H21N3O2/c1-12-11-19(16(18-12)17-8-10-20-2)14-7-9-21-15-6-4-3-5-13(14)15/h3-6,11,14H,7-10H2,1-2H3,(H,17,18). The topological polar surface area (TPSA) is 48.3 Å². The number of fused-ring (bicyclic) bond motifs is 1. The van der Waals surface area contributed by atoms with Gasteiger partial charge in [-0.05, 0) is 13.0 Å². The fraction of sp³-hybridized carbons (Fsp3) is 0.438. The predicted octanol–water partition coefficient (Wildman–Crippen LogP) is 2.62. The summed E-state index contributed by atoms with van der Waals surface area (Å²) in [7, 11) is 1.70. The molecule has 5 nitrogen and oxygen atoms in total. The molecule has 3 rings (SSSR count). The monoisotopic (exact) mass is 287 g/mol. The molecule has 21 heavy (non-hydrogen) atoms. The van der Waals surface area contributed by atoms with Crippen LogP contribution in [0.25, 0.3) is 0 Å². The molecular weight excluding hydrogens is 266 g/mol. The van der Waals surface area contributed by atoms with Gasteiger partial charge >= 0.3 is 0 Å². The fourth-order valence-corrected chi connectivity index (χ4v) is 2.76. The highest BCUT2D eigenvalue weighted by molar-refractivity contribution is 5.41. The largest absolute Gasteiger partial charge is 0.493 e. The normalized spacial score (nSPS) is 17.1. The summed E-state index contributed by atoms with van der Waals surface area (Å²) >= 11 is 0. The van der Waals surface area contributed by atoms with Gasteiger partial charge in [0.2, 0.25) is 5.95 Å². The van der Waals surface area contributed by atoms with Crippen molar-refractivity contribution in [2.75, 3.05) is 32.2 Å². The first kappa shape index (κ1) is 13.9. The van der Waals surface area contributed by atoms with E-state index in [-0.39, 0.29) is 6.04 Å². The van der Waals surface area contributed by atoms with Crippen LogP contribution in [0.5, 0.6) is 5.75 Å². The van der Waals surface area contributed by atoms with Crippen molar-refractivity contribution in [2.24, 2.45) is 0 Å². The van der Waals surface area contributed by atoms with E-state index in [1.807, 2.05) is 19.1 Å². The molecule has 112 valence electrons. The average molecular weight is 287 g/mol. The van der Waals surface area contributed by atoms with Crippen LogP contribution in [-0.2, 0) is 4.74 Å². The van der Waals surface area contributed by atoms with E-state index in [4.69, 9.17) is 9.47 Å². The summed E-state index contributed by atoms with van der Waals surface area (Å²) in [5, 5.41) is 3.35. The number of benzene rings is 1. The molecule has 2 aromatic rings. The first-order valence-corrected chi connectivity index (χ1v) is 7.29. The number of hydrogen-bond acceptors (Lipinski definition) is 4. The van der Waals surface area contributed by atoms with Crippen LogP contribution in [0.3, 0.4) is 0 Å². The lowest BCUT2D eigenvalue weighted by Gasteiger charge is -2.28. The minimum atomic E-state index is 0.265. The van der Waals surface area contributed by atoms with Crippen LogP contribution in [0.4, 0.5) is 5.95 Å². The zero-order chi connectivity index (χ0) is 14.7. The number of nitrogens with one attached hydrogen (secondary N) is 1. The molecule has 2 heterocycles. The summed E-state index contributed by atoms with van der Waals surface area (Å²) in [4.78, 5) is 4.59. The first-order valence-electron chi connectivity index (χ1n) is 7.29. The second-order valence-corrected chi connectivity index (χ2v) is 5.22. The number of nitrogens with zero attached hydrogens (tertiary/aromatic N) is 2. The molecule has 0 fully saturated rings. The minimum absolute atomic E-state index is 0.265. The van der Waals surface area contributed by atoms with Crippen molar-refractivity contribution >= 4 is 5.95 Å². The number of aryl methyl sites for hydroxylation is 1. The average Bonchev–Trinajstić information content (AvgIpc) is 2.88. The fourth-order valence-electron chi connectivity index (χ4n) is 2.76. The van der Waals surface area contributed by atoms with Crippen LogP contribution in [0.1, 0.15) is 23.7 Å². The Kier molecular flexibility index (Phi) is 4.10. The summed E-state index contributed by atoms with van der Waals surface area (Å²) in [5.74, 6) is 1.87. The first-order chi connectivity index (χ1) is 10.3. The summed E-state index contributed by atoms with van der Waals surface area (Å²) in [6.07, 6.45) is 3.05. The summed E-state index contributed by atoms with van der Waals surface area (Å²) in [6, 6.07) is 8.50. The molecule has 0 aliphatic carbocycles. The predicted molar refractivity (Wildman–Crippen MR) is 82.0 cm³/mol. The zero-order valence-corrected chi connectivity index (χ0v) is 12.5. The van der Waals surface area contributed by atoms with Gasteiger partial charge in [-0.1, -0.05) is 18.2 Å². The Bertz CT molecular complexity index is 609. The molecule has 0 saturated heterocycles. The van der Waals surface area contributed by atoms with Gasteiger partial charge < -0.3 is 19.4 Å². The van der Waals surface area contributed by atoms with Crippen LogP contribution in [0.2, 0.25) is 0 Å². The van der Waals surface area contributed by atoms with E-state index in [0.717, 1.165) is 37.0 Å². The van der Waals surface area contributed by atoms with Gasteiger partial charge in [0.25, 0.3) is 0 Å². The number of rotatable bonds is 5. The summed E-state index contributed by atoms with van der Waals surface area (Å²) < 4.78 is 13.1. The molecule has 0 saturated carbocycles. The summed E-state index contributed by atoms with van der Waals surface area (Å²) in [6.45, 7) is 4.16. The molecule has 1 aromatic carbocycles. The molecule has 1 unspecified atom stereocenters. The van der Waals surface area contributed by atoms with Crippen molar-refractivity contribution in [3.05, 3.63) is 41.7 Å². The van der Waals surface area contributed by atoms with Crippen LogP contribution in [0, 0.1) is 6.92 Å². The van der Waals surface area contributed by atoms with Crippen molar-refractivity contribution < 1.29 is 9.47 Å². The lowest BCUT2D eigenvalue weighted by atomic mass is 10.0. The van der Waals surface area contributed by atoms with Gasteiger partial charge in [-0.3, -0.25) is 0 Å². The molecule has 5 heteroatoms. The van der Waals surface area contributed by atoms with E-state index in [1.54, 1.807) is 7.11 Å². The maximum Gasteiger partial charge on any atom is 0.203 e. The third kappa shape index (κ3) is 2.88. The van der Waals surface area contributed by atoms with E-state index in [2.05, 4.69) is 33.2 Å². The van der Waals surface area contributed by atoms with Crippen molar-refractivity contribution in [1.82, 2.24) is 9.55 Å². The zero-order valence-electron chi connectivity index (χ0n) is 12.5. The number of aromatic nitrogens is 2. The van der Waals surface area contributed by atoms with Gasteiger partial charge in [-0.15, -0.1) is 0 Å². The van der Waals surface area contributed by atoms with E-state index in [0.29, 0.717) is 6.61 Å². The van der Waals surface area contributed by atoms with Crippen molar-refractivity contribution in [1.29, 1.82) is 0 Å². The van der Waals surface area contributed by atoms with Crippen molar-refractivity contribution in [2.45, 2.75) is 19.4 Å². The van der Waals surface area contributed by atoms with Crippen LogP contribution >= 0.6 is 0 Å². The van der Waals surface area contributed by atoms with Gasteiger partial charge in [0.1, 0.15) is 5.75 Å². The molecule has 0 bridgehead atoms. The molecule has 0 amide bonds. The van der Waals surface area contributed by atoms with E-state index in [1.165, 1.54) is 5.56 Å². The molecular formula is C16H21N3O2. The Morgan fingerprint density at radius 3 is 3.14 bits per heavy atom. The highest BCUT2D eigenvalue weighted by Gasteiger charge is 2.24. The number of hydrogen-bond donors (Lipinski definition) is 1. The Labute approximate surface area is 124 Å². The highest BCUT2D eigenvalue weighted by Crippen LogP contribution is 2.36.